The Morgan fingerprint density at radius 2 is 1.59 bits per heavy atom. The summed E-state index contributed by atoms with van der Waals surface area (Å²) in [5.74, 6) is 1.62. The smallest absolute Gasteiger partial charge is 0.135 e. The Kier molecular flexibility index (Phi) is 5.48. The number of benzene rings is 2. The largest absolute Gasteiger partial charge is 0.372 e. The lowest BCUT2D eigenvalue weighted by atomic mass is 10.1. The fourth-order valence-corrected chi connectivity index (χ4v) is 3.38. The number of hydrogen-bond acceptors (Lipinski definition) is 5. The summed E-state index contributed by atoms with van der Waals surface area (Å²) < 4.78 is 0. The minimum Gasteiger partial charge on any atom is -0.372 e. The molecule has 5 heteroatoms. The van der Waals surface area contributed by atoms with Crippen molar-refractivity contribution in [3.05, 3.63) is 72.6 Å². The number of hydrogen-bond donors (Lipinski definition) is 2. The number of nitrogens with zero attached hydrogens (tertiary/aromatic N) is 3. The highest BCUT2D eigenvalue weighted by Gasteiger charge is 2.11. The molecule has 27 heavy (non-hydrogen) atoms. The van der Waals surface area contributed by atoms with Gasteiger partial charge in [0, 0.05) is 37.1 Å². The highest BCUT2D eigenvalue weighted by molar-refractivity contribution is 5.62. The van der Waals surface area contributed by atoms with E-state index < -0.39 is 0 Å². The van der Waals surface area contributed by atoms with Gasteiger partial charge in [0.2, 0.25) is 0 Å². The van der Waals surface area contributed by atoms with Crippen LogP contribution in [0.15, 0.2) is 67.0 Å². The van der Waals surface area contributed by atoms with E-state index in [9.17, 15) is 0 Å². The summed E-state index contributed by atoms with van der Waals surface area (Å²) in [6, 6.07) is 21.0. The van der Waals surface area contributed by atoms with Gasteiger partial charge in [0.05, 0.1) is 0 Å². The third kappa shape index (κ3) is 4.76. The van der Waals surface area contributed by atoms with Crippen molar-refractivity contribution in [3.8, 4) is 0 Å². The Morgan fingerprint density at radius 1 is 0.852 bits per heavy atom. The molecule has 2 heterocycles. The number of aromatic nitrogens is 2. The van der Waals surface area contributed by atoms with Crippen LogP contribution in [0.4, 0.5) is 23.0 Å². The van der Waals surface area contributed by atoms with Crippen LogP contribution in [0, 0.1) is 0 Å². The van der Waals surface area contributed by atoms with Crippen LogP contribution >= 0.6 is 0 Å². The molecule has 4 rings (SSSR count). The Morgan fingerprint density at radius 3 is 2.37 bits per heavy atom. The molecule has 1 saturated heterocycles. The normalized spacial score (nSPS) is 13.6. The summed E-state index contributed by atoms with van der Waals surface area (Å²) in [6.45, 7) is 3.17. The van der Waals surface area contributed by atoms with Gasteiger partial charge in [-0.2, -0.15) is 0 Å². The summed E-state index contributed by atoms with van der Waals surface area (Å²) in [4.78, 5) is 11.1. The van der Waals surface area contributed by atoms with Gasteiger partial charge in [-0.3, -0.25) is 0 Å². The van der Waals surface area contributed by atoms with Crippen molar-refractivity contribution in [2.45, 2.75) is 19.3 Å². The average Bonchev–Trinajstić information content (AvgIpc) is 3.25. The predicted molar refractivity (Wildman–Crippen MR) is 112 cm³/mol. The molecule has 0 amide bonds. The van der Waals surface area contributed by atoms with Gasteiger partial charge in [0.25, 0.3) is 0 Å². The molecule has 2 N–H and O–H groups in total. The molecule has 138 valence electrons. The fourth-order valence-electron chi connectivity index (χ4n) is 3.38. The lowest BCUT2D eigenvalue weighted by Crippen LogP contribution is -2.17. The molecular weight excluding hydrogens is 334 g/mol. The van der Waals surface area contributed by atoms with Gasteiger partial charge in [-0.1, -0.05) is 30.3 Å². The first-order chi connectivity index (χ1) is 13.4. The molecule has 1 aliphatic rings. The van der Waals surface area contributed by atoms with E-state index in [4.69, 9.17) is 0 Å². The van der Waals surface area contributed by atoms with Crippen molar-refractivity contribution in [2.75, 3.05) is 35.2 Å². The highest BCUT2D eigenvalue weighted by atomic mass is 15.1. The maximum absolute atomic E-state index is 4.33. The van der Waals surface area contributed by atoms with Crippen molar-refractivity contribution >= 4 is 23.0 Å². The maximum atomic E-state index is 4.33. The van der Waals surface area contributed by atoms with Crippen LogP contribution < -0.4 is 15.5 Å². The van der Waals surface area contributed by atoms with Gasteiger partial charge in [0.15, 0.2) is 0 Å². The Hall–Kier alpha value is -3.08. The minimum absolute atomic E-state index is 0.793. The molecule has 1 aliphatic heterocycles. The lowest BCUT2D eigenvalue weighted by molar-refractivity contribution is 0.949. The van der Waals surface area contributed by atoms with Crippen LogP contribution in [0.25, 0.3) is 0 Å². The summed E-state index contributed by atoms with van der Waals surface area (Å²) in [7, 11) is 0. The predicted octanol–water partition coefficient (Wildman–Crippen LogP) is 4.48. The Bertz CT molecular complexity index is 842. The summed E-state index contributed by atoms with van der Waals surface area (Å²) in [5, 5.41) is 6.73. The summed E-state index contributed by atoms with van der Waals surface area (Å²) >= 11 is 0. The Balaban J connectivity index is 1.33. The average molecular weight is 359 g/mol. The zero-order chi connectivity index (χ0) is 18.3. The molecular formula is C22H25N5. The Labute approximate surface area is 160 Å². The van der Waals surface area contributed by atoms with Crippen LogP contribution in [0.3, 0.4) is 0 Å². The summed E-state index contributed by atoms with van der Waals surface area (Å²) in [6.07, 6.45) is 5.14. The molecule has 2 aromatic carbocycles. The van der Waals surface area contributed by atoms with Crippen LogP contribution in [-0.2, 0) is 6.42 Å². The number of nitrogens with one attached hydrogen (secondary N) is 2. The van der Waals surface area contributed by atoms with E-state index in [1.165, 1.54) is 24.1 Å². The van der Waals surface area contributed by atoms with Gasteiger partial charge >= 0.3 is 0 Å². The van der Waals surface area contributed by atoms with Crippen molar-refractivity contribution in [2.24, 2.45) is 0 Å². The molecule has 0 atom stereocenters. The number of anilines is 4. The lowest BCUT2D eigenvalue weighted by Gasteiger charge is -2.18. The molecule has 0 aliphatic carbocycles. The van der Waals surface area contributed by atoms with E-state index in [0.29, 0.717) is 0 Å². The van der Waals surface area contributed by atoms with E-state index in [2.05, 4.69) is 74.0 Å². The monoisotopic (exact) mass is 359 g/mol. The molecule has 3 aromatic rings. The van der Waals surface area contributed by atoms with Gasteiger partial charge in [-0.15, -0.1) is 0 Å². The van der Waals surface area contributed by atoms with Crippen molar-refractivity contribution in [3.63, 3.8) is 0 Å². The molecule has 0 unspecified atom stereocenters. The molecule has 0 bridgehead atoms. The number of rotatable bonds is 7. The molecule has 0 saturated carbocycles. The van der Waals surface area contributed by atoms with Crippen LogP contribution in [0.1, 0.15) is 18.4 Å². The molecule has 0 spiro atoms. The fraction of sp³-hybridized carbons (Fsp3) is 0.273. The van der Waals surface area contributed by atoms with Crippen molar-refractivity contribution in [1.29, 1.82) is 0 Å². The van der Waals surface area contributed by atoms with Gasteiger partial charge in [-0.25, -0.2) is 9.97 Å². The first-order valence-electron chi connectivity index (χ1n) is 9.59. The second-order valence-corrected chi connectivity index (χ2v) is 6.82. The minimum atomic E-state index is 0.793. The van der Waals surface area contributed by atoms with Crippen LogP contribution in [0.2, 0.25) is 0 Å². The molecule has 1 fully saturated rings. The van der Waals surface area contributed by atoms with E-state index in [0.717, 1.165) is 43.4 Å². The standard InChI is InChI=1S/C22H25N5/c1-2-6-18(7-3-1)12-13-23-21-16-22(25-17-24-21)26-19-8-10-20(11-9-19)27-14-4-5-15-27/h1-3,6-11,16-17H,4-5,12-15H2,(H2,23,24,25,26). The van der Waals surface area contributed by atoms with E-state index >= 15 is 0 Å². The third-order valence-corrected chi connectivity index (χ3v) is 4.84. The third-order valence-electron chi connectivity index (χ3n) is 4.84. The quantitative estimate of drug-likeness (QED) is 0.652. The van der Waals surface area contributed by atoms with Gasteiger partial charge in [-0.05, 0) is 49.1 Å². The molecule has 5 nitrogen and oxygen atoms in total. The molecule has 0 radical (unpaired) electrons. The van der Waals surface area contributed by atoms with Crippen LogP contribution in [-0.4, -0.2) is 29.6 Å². The summed E-state index contributed by atoms with van der Waals surface area (Å²) in [5.41, 5.74) is 3.64. The van der Waals surface area contributed by atoms with E-state index in [-0.39, 0.29) is 0 Å². The van der Waals surface area contributed by atoms with E-state index in [1.807, 2.05) is 12.1 Å². The maximum Gasteiger partial charge on any atom is 0.135 e. The van der Waals surface area contributed by atoms with E-state index in [1.54, 1.807) is 6.33 Å². The highest BCUT2D eigenvalue weighted by Crippen LogP contribution is 2.23. The van der Waals surface area contributed by atoms with Crippen LogP contribution in [0.5, 0.6) is 0 Å². The first-order valence-corrected chi connectivity index (χ1v) is 9.59. The van der Waals surface area contributed by atoms with Crippen molar-refractivity contribution < 1.29 is 0 Å². The van der Waals surface area contributed by atoms with Gasteiger partial charge < -0.3 is 15.5 Å². The zero-order valence-electron chi connectivity index (χ0n) is 15.4. The van der Waals surface area contributed by atoms with Crippen molar-refractivity contribution in [1.82, 2.24) is 9.97 Å². The topological polar surface area (TPSA) is 53.1 Å². The zero-order valence-corrected chi connectivity index (χ0v) is 15.4. The second-order valence-electron chi connectivity index (χ2n) is 6.82. The van der Waals surface area contributed by atoms with Gasteiger partial charge in [0.1, 0.15) is 18.0 Å². The second kappa shape index (κ2) is 8.54. The molecule has 1 aromatic heterocycles. The first kappa shape index (κ1) is 17.3. The SMILES string of the molecule is c1ccc(CCNc2cc(Nc3ccc(N4CCCC4)cc3)ncn2)cc1.